The predicted molar refractivity (Wildman–Crippen MR) is 154 cm³/mol. The Kier molecular flexibility index (Phi) is 15.3. The molecule has 238 valence electrons. The van der Waals surface area contributed by atoms with Crippen LogP contribution < -0.4 is 5.32 Å². The molecular weight excluding hydrogens is 573 g/mol. The van der Waals surface area contributed by atoms with Crippen LogP contribution in [0.2, 0.25) is 0 Å². The number of carbonyl (C=O) groups excluding carboxylic acids is 1. The minimum absolute atomic E-state index is 0.00555. The third-order valence-corrected chi connectivity index (χ3v) is 7.36. The zero-order chi connectivity index (χ0) is 31.0. The van der Waals surface area contributed by atoms with Crippen molar-refractivity contribution in [2.75, 3.05) is 52.8 Å². The number of aliphatic hydroxyl groups excluding tert-OH is 1. The molecule has 0 fully saturated rings. The highest BCUT2D eigenvalue weighted by Gasteiger charge is 2.25. The number of nitro groups is 1. The number of nitrogens with one attached hydrogen (secondary N) is 1. The fourth-order valence-electron chi connectivity index (χ4n) is 4.05. The summed E-state index contributed by atoms with van der Waals surface area (Å²) in [6.45, 7) is 0.571. The lowest BCUT2D eigenvalue weighted by atomic mass is 10.1. The highest BCUT2D eigenvalue weighted by atomic mass is 31.2. The van der Waals surface area contributed by atoms with E-state index in [0.29, 0.717) is 28.7 Å². The van der Waals surface area contributed by atoms with Gasteiger partial charge in [-0.25, -0.2) is 9.19 Å². The predicted octanol–water partition coefficient (Wildman–Crippen LogP) is 4.54. The number of ether oxygens (including phenoxy) is 1. The van der Waals surface area contributed by atoms with Crippen LogP contribution in [0.15, 0.2) is 16.8 Å². The number of nitrogens with zero attached hydrogens (tertiary/aromatic N) is 4. The molecule has 1 aromatic carbocycles. The summed E-state index contributed by atoms with van der Waals surface area (Å²) in [5, 5.41) is 31.5. The number of non-ortho nitro benzene ring substituents is 1. The monoisotopic (exact) mass is 618 g/mol. The first-order valence-electron chi connectivity index (χ1n) is 14.3. The largest absolute Gasteiger partial charge is 0.472 e. The Labute approximate surface area is 245 Å². The molecule has 1 unspecified atom stereocenters. The second-order valence-corrected chi connectivity index (χ2v) is 12.6. The van der Waals surface area contributed by atoms with E-state index in [1.165, 1.54) is 6.07 Å². The number of nitro benzene ring substituents is 1. The van der Waals surface area contributed by atoms with Crippen LogP contribution in [0.5, 0.6) is 0 Å². The smallest absolute Gasteiger partial charge is 0.433 e. The number of benzene rings is 1. The molecule has 0 saturated carbocycles. The van der Waals surface area contributed by atoms with Crippen molar-refractivity contribution in [3.05, 3.63) is 22.2 Å². The van der Waals surface area contributed by atoms with Crippen LogP contribution in [0.4, 0.5) is 11.4 Å². The minimum atomic E-state index is -4.33. The van der Waals surface area contributed by atoms with Gasteiger partial charge in [-0.1, -0.05) is 51.4 Å². The number of aliphatic hydroxyl groups is 1. The first-order chi connectivity index (χ1) is 19.9. The highest BCUT2D eigenvalue weighted by molar-refractivity contribution is 7.47. The Bertz CT molecular complexity index is 1160. The Morgan fingerprint density at radius 3 is 2.24 bits per heavy atom. The van der Waals surface area contributed by atoms with Gasteiger partial charge in [0.05, 0.1) is 31.8 Å². The summed E-state index contributed by atoms with van der Waals surface area (Å²) < 4.78 is 31.4. The van der Waals surface area contributed by atoms with Crippen LogP contribution in [-0.2, 0) is 23.1 Å². The normalized spacial score (nSPS) is 14.0. The topological polar surface area (TPSA) is 196 Å². The quantitative estimate of drug-likeness (QED) is 0.0299. The van der Waals surface area contributed by atoms with E-state index in [4.69, 9.17) is 9.26 Å². The standard InChI is InChI=1S/C26H44N5O10P/c1-31(2,3)18-19-38-42(36,37)39-20-24(33)40-23(32)14-12-10-8-6-4-5-7-9-11-13-17-27-21-15-16-22(30(34)35)26-25(21)28-41-29-26/h15-16,24,33H,4-14,17-20H2,1-3H3,(H-,27,29,36,37)/p+1/t24-/m1/s1. The second kappa shape index (κ2) is 18.1. The molecule has 0 radical (unpaired) electrons. The Balaban J connectivity index is 1.41. The van der Waals surface area contributed by atoms with E-state index in [-0.39, 0.29) is 24.2 Å². The number of phosphoric acid groups is 1. The summed E-state index contributed by atoms with van der Waals surface area (Å²) in [6, 6.07) is 3.02. The van der Waals surface area contributed by atoms with Crippen LogP contribution in [0.25, 0.3) is 11.0 Å². The van der Waals surface area contributed by atoms with Crippen molar-refractivity contribution in [3.63, 3.8) is 0 Å². The lowest BCUT2D eigenvalue weighted by Gasteiger charge is -2.24. The van der Waals surface area contributed by atoms with Crippen LogP contribution in [0.1, 0.15) is 70.6 Å². The maximum absolute atomic E-state index is 11.9. The molecule has 42 heavy (non-hydrogen) atoms. The van der Waals surface area contributed by atoms with Gasteiger partial charge in [0, 0.05) is 19.0 Å². The maximum Gasteiger partial charge on any atom is 0.472 e. The Morgan fingerprint density at radius 2 is 1.62 bits per heavy atom. The summed E-state index contributed by atoms with van der Waals surface area (Å²) in [5.41, 5.74) is 1.03. The summed E-state index contributed by atoms with van der Waals surface area (Å²) in [6.07, 6.45) is 8.66. The Morgan fingerprint density at radius 1 is 1.02 bits per heavy atom. The van der Waals surface area contributed by atoms with E-state index in [0.717, 1.165) is 64.3 Å². The molecule has 2 aromatic rings. The average molecular weight is 619 g/mol. The number of carbonyl (C=O) groups is 1. The van der Waals surface area contributed by atoms with Gasteiger partial charge >= 0.3 is 19.5 Å². The number of unbranched alkanes of at least 4 members (excludes halogenated alkanes) is 9. The van der Waals surface area contributed by atoms with Crippen molar-refractivity contribution in [2.45, 2.75) is 76.9 Å². The minimum Gasteiger partial charge on any atom is -0.433 e. The molecule has 0 bridgehead atoms. The number of aromatic nitrogens is 2. The van der Waals surface area contributed by atoms with E-state index < -0.39 is 31.6 Å². The Hall–Kier alpha value is -2.68. The van der Waals surface area contributed by atoms with Crippen LogP contribution >= 0.6 is 7.82 Å². The number of quaternary nitrogens is 1. The summed E-state index contributed by atoms with van der Waals surface area (Å²) in [5.74, 6) is -0.588. The summed E-state index contributed by atoms with van der Waals surface area (Å²) in [4.78, 5) is 32.1. The first kappa shape index (κ1) is 35.5. The molecule has 15 nitrogen and oxygen atoms in total. The molecule has 0 amide bonds. The van der Waals surface area contributed by atoms with Crippen molar-refractivity contribution in [2.24, 2.45) is 0 Å². The SMILES string of the molecule is C[N+](C)(C)CCOP(=O)(O)OC[C@H](O)OC(=O)CCCCCCCCCCCCNc1ccc([N+](=O)[O-])c2nonc12. The van der Waals surface area contributed by atoms with Gasteiger partial charge < -0.3 is 24.5 Å². The zero-order valence-electron chi connectivity index (χ0n) is 24.7. The molecule has 0 spiro atoms. The highest BCUT2D eigenvalue weighted by Crippen LogP contribution is 2.43. The maximum atomic E-state index is 11.9. The molecule has 0 aliphatic rings. The van der Waals surface area contributed by atoms with E-state index in [9.17, 15) is 29.5 Å². The van der Waals surface area contributed by atoms with Gasteiger partial charge in [0.25, 0.3) is 0 Å². The van der Waals surface area contributed by atoms with Gasteiger partial charge in [0.2, 0.25) is 11.8 Å². The molecule has 3 N–H and O–H groups in total. The number of hydrogen-bond donors (Lipinski definition) is 3. The van der Waals surface area contributed by atoms with Crippen molar-refractivity contribution in [3.8, 4) is 0 Å². The van der Waals surface area contributed by atoms with Crippen LogP contribution in [-0.4, -0.2) is 89.4 Å². The lowest BCUT2D eigenvalue weighted by molar-refractivity contribution is -0.870. The number of esters is 1. The first-order valence-corrected chi connectivity index (χ1v) is 15.8. The van der Waals surface area contributed by atoms with E-state index in [1.807, 2.05) is 21.1 Å². The number of hydrogen-bond acceptors (Lipinski definition) is 12. The van der Waals surface area contributed by atoms with Gasteiger partial charge in [-0.2, -0.15) is 0 Å². The number of fused-ring (bicyclic) bond motifs is 1. The van der Waals surface area contributed by atoms with Crippen LogP contribution in [0.3, 0.4) is 0 Å². The fourth-order valence-corrected chi connectivity index (χ4v) is 4.75. The molecule has 0 aliphatic carbocycles. The third kappa shape index (κ3) is 14.5. The third-order valence-electron chi connectivity index (χ3n) is 6.38. The molecule has 2 rings (SSSR count). The molecule has 16 heteroatoms. The van der Waals surface area contributed by atoms with Gasteiger partial charge in [0.1, 0.15) is 19.8 Å². The van der Waals surface area contributed by atoms with Gasteiger partial charge in [0.15, 0.2) is 5.52 Å². The van der Waals surface area contributed by atoms with Crippen molar-refractivity contribution in [1.29, 1.82) is 0 Å². The summed E-state index contributed by atoms with van der Waals surface area (Å²) >= 11 is 0. The number of phosphoric ester groups is 1. The lowest BCUT2D eigenvalue weighted by Crippen LogP contribution is -2.37. The van der Waals surface area contributed by atoms with Crippen LogP contribution in [0, 0.1) is 10.1 Å². The van der Waals surface area contributed by atoms with Crippen molar-refractivity contribution in [1.82, 2.24) is 10.3 Å². The number of likely N-dealkylation sites (N-methyl/N-ethyl adjacent to an activating group) is 1. The molecule has 0 saturated heterocycles. The van der Waals surface area contributed by atoms with Gasteiger partial charge in [-0.05, 0) is 29.2 Å². The van der Waals surface area contributed by atoms with E-state index >= 15 is 0 Å². The number of rotatable bonds is 23. The molecule has 0 aliphatic heterocycles. The molecule has 2 atom stereocenters. The second-order valence-electron chi connectivity index (χ2n) is 11.1. The van der Waals surface area contributed by atoms with Gasteiger partial charge in [-0.3, -0.25) is 24.0 Å². The molecular formula is C26H45N5O10P+. The van der Waals surface area contributed by atoms with Crippen molar-refractivity contribution >= 4 is 36.2 Å². The van der Waals surface area contributed by atoms with Gasteiger partial charge in [-0.15, -0.1) is 0 Å². The van der Waals surface area contributed by atoms with E-state index in [1.54, 1.807) is 6.07 Å². The fraction of sp³-hybridized carbons (Fsp3) is 0.731. The average Bonchev–Trinajstić information content (AvgIpc) is 3.39. The van der Waals surface area contributed by atoms with E-state index in [2.05, 4.69) is 24.8 Å². The zero-order valence-corrected chi connectivity index (χ0v) is 25.6. The van der Waals surface area contributed by atoms with Crippen molar-refractivity contribution < 1.29 is 47.2 Å². The summed E-state index contributed by atoms with van der Waals surface area (Å²) in [7, 11) is 1.39. The number of anilines is 1. The molecule has 1 heterocycles. The molecule has 1 aromatic heterocycles.